The minimum absolute atomic E-state index is 0.0388. The van der Waals surface area contributed by atoms with Gasteiger partial charge in [0.1, 0.15) is 0 Å². The lowest BCUT2D eigenvalue weighted by molar-refractivity contribution is 0.257. The Kier molecular flexibility index (Phi) is 5.41. The van der Waals surface area contributed by atoms with Crippen molar-refractivity contribution in [1.29, 1.82) is 0 Å². The van der Waals surface area contributed by atoms with E-state index in [0.29, 0.717) is 18.4 Å². The number of benzene rings is 1. The zero-order chi connectivity index (χ0) is 15.5. The summed E-state index contributed by atoms with van der Waals surface area (Å²) in [6.45, 7) is 4.87. The molecule has 4 nitrogen and oxygen atoms in total. The first-order valence-electron chi connectivity index (χ1n) is 7.66. The lowest BCUT2D eigenvalue weighted by atomic mass is 9.81. The fourth-order valence-electron chi connectivity index (χ4n) is 3.33. The average molecular weight is 310 g/mol. The molecule has 3 N–H and O–H groups in total. The van der Waals surface area contributed by atoms with Crippen LogP contribution in [0.3, 0.4) is 0 Å². The van der Waals surface area contributed by atoms with Crippen molar-refractivity contribution >= 4 is 10.0 Å². The molecule has 0 radical (unpaired) electrons. The summed E-state index contributed by atoms with van der Waals surface area (Å²) < 4.78 is 27.5. The average Bonchev–Trinajstić information content (AvgIpc) is 2.37. The zero-order valence-corrected chi connectivity index (χ0v) is 13.7. The maximum absolute atomic E-state index is 12.3. The molecule has 0 bridgehead atoms. The molecule has 2 rings (SSSR count). The number of hydrogen-bond donors (Lipinski definition) is 2. The summed E-state index contributed by atoms with van der Waals surface area (Å²) >= 11 is 0. The Morgan fingerprint density at radius 1 is 1.05 bits per heavy atom. The Labute approximate surface area is 128 Å². The van der Waals surface area contributed by atoms with Crippen LogP contribution in [0.4, 0.5) is 0 Å². The Balaban J connectivity index is 1.97. The number of nitrogens with two attached hydrogens (primary N) is 1. The number of rotatable bonds is 5. The standard InChI is InChI=1S/C16H26N2O2S/c1-12-7-13(2)9-16(8-12)18-21(19,20)11-15-5-3-14(10-17)4-6-15/h3-6,12-13,16,18H,7-11,17H2,1-2H3. The fourth-order valence-corrected chi connectivity index (χ4v) is 4.74. The first kappa shape index (κ1) is 16.5. The van der Waals surface area contributed by atoms with Crippen LogP contribution in [0.15, 0.2) is 24.3 Å². The molecule has 2 atom stereocenters. The van der Waals surface area contributed by atoms with Gasteiger partial charge in [-0.2, -0.15) is 0 Å². The maximum atomic E-state index is 12.3. The topological polar surface area (TPSA) is 72.2 Å². The molecular weight excluding hydrogens is 284 g/mol. The molecule has 2 unspecified atom stereocenters. The first-order chi connectivity index (χ1) is 9.88. The second kappa shape index (κ2) is 6.90. The van der Waals surface area contributed by atoms with Gasteiger partial charge in [0.15, 0.2) is 0 Å². The first-order valence-corrected chi connectivity index (χ1v) is 9.31. The van der Waals surface area contributed by atoms with E-state index in [9.17, 15) is 8.42 Å². The van der Waals surface area contributed by atoms with Crippen molar-refractivity contribution in [3.8, 4) is 0 Å². The minimum atomic E-state index is -3.28. The third kappa shape index (κ3) is 5.09. The summed E-state index contributed by atoms with van der Waals surface area (Å²) in [5.74, 6) is 1.22. The molecule has 1 saturated carbocycles. The molecule has 0 spiro atoms. The van der Waals surface area contributed by atoms with Gasteiger partial charge in [0.05, 0.1) is 5.75 Å². The van der Waals surface area contributed by atoms with Crippen molar-refractivity contribution in [1.82, 2.24) is 4.72 Å². The molecule has 0 amide bonds. The van der Waals surface area contributed by atoms with Crippen LogP contribution in [-0.2, 0) is 22.3 Å². The van der Waals surface area contributed by atoms with Crippen LogP contribution >= 0.6 is 0 Å². The monoisotopic (exact) mass is 310 g/mol. The Morgan fingerprint density at radius 2 is 1.57 bits per heavy atom. The summed E-state index contributed by atoms with van der Waals surface area (Å²) in [5, 5.41) is 0. The molecule has 0 aromatic heterocycles. The van der Waals surface area contributed by atoms with Gasteiger partial charge in [0, 0.05) is 12.6 Å². The van der Waals surface area contributed by atoms with Crippen LogP contribution in [0.1, 0.15) is 44.2 Å². The summed E-state index contributed by atoms with van der Waals surface area (Å²) in [7, 11) is -3.28. The fraction of sp³-hybridized carbons (Fsp3) is 0.625. The van der Waals surface area contributed by atoms with Crippen molar-refractivity contribution in [3.63, 3.8) is 0 Å². The molecule has 118 valence electrons. The van der Waals surface area contributed by atoms with Gasteiger partial charge >= 0.3 is 0 Å². The normalized spacial score (nSPS) is 26.7. The summed E-state index contributed by atoms with van der Waals surface area (Å²) in [6.07, 6.45) is 3.07. The Bertz CT molecular complexity index is 544. The summed E-state index contributed by atoms with van der Waals surface area (Å²) in [4.78, 5) is 0. The molecule has 1 fully saturated rings. The highest BCUT2D eigenvalue weighted by molar-refractivity contribution is 7.88. The molecule has 1 aliphatic carbocycles. The lowest BCUT2D eigenvalue weighted by Gasteiger charge is -2.31. The second-order valence-corrected chi connectivity index (χ2v) is 8.27. The molecule has 0 heterocycles. The number of sulfonamides is 1. The SMILES string of the molecule is CC1CC(C)CC(NS(=O)(=O)Cc2ccc(CN)cc2)C1. The van der Waals surface area contributed by atoms with Crippen LogP contribution in [0, 0.1) is 11.8 Å². The van der Waals surface area contributed by atoms with E-state index in [1.807, 2.05) is 24.3 Å². The van der Waals surface area contributed by atoms with Crippen LogP contribution in [0.5, 0.6) is 0 Å². The largest absolute Gasteiger partial charge is 0.326 e. The molecule has 1 aromatic rings. The summed E-state index contributed by atoms with van der Waals surface area (Å²) in [6, 6.07) is 7.53. The molecule has 0 aliphatic heterocycles. The highest BCUT2D eigenvalue weighted by Gasteiger charge is 2.27. The van der Waals surface area contributed by atoms with Crippen LogP contribution in [-0.4, -0.2) is 14.5 Å². The van der Waals surface area contributed by atoms with Crippen LogP contribution in [0.25, 0.3) is 0 Å². The smallest absolute Gasteiger partial charge is 0.216 e. The van der Waals surface area contributed by atoms with E-state index in [4.69, 9.17) is 5.73 Å². The van der Waals surface area contributed by atoms with E-state index >= 15 is 0 Å². The third-order valence-corrected chi connectivity index (χ3v) is 5.55. The van der Waals surface area contributed by atoms with E-state index in [1.165, 1.54) is 6.42 Å². The van der Waals surface area contributed by atoms with Crippen molar-refractivity contribution < 1.29 is 8.42 Å². The minimum Gasteiger partial charge on any atom is -0.326 e. The molecule has 1 aliphatic rings. The van der Waals surface area contributed by atoms with E-state index in [2.05, 4.69) is 18.6 Å². The van der Waals surface area contributed by atoms with E-state index in [-0.39, 0.29) is 11.8 Å². The van der Waals surface area contributed by atoms with Gasteiger partial charge in [-0.15, -0.1) is 0 Å². The molecule has 1 aromatic carbocycles. The lowest BCUT2D eigenvalue weighted by Crippen LogP contribution is -2.40. The van der Waals surface area contributed by atoms with E-state index in [1.54, 1.807) is 0 Å². The van der Waals surface area contributed by atoms with E-state index in [0.717, 1.165) is 24.0 Å². The predicted molar refractivity (Wildman–Crippen MR) is 86.1 cm³/mol. The number of nitrogens with one attached hydrogen (secondary N) is 1. The summed E-state index contributed by atoms with van der Waals surface area (Å²) in [5.41, 5.74) is 7.36. The van der Waals surface area contributed by atoms with Crippen LogP contribution in [0.2, 0.25) is 0 Å². The number of hydrogen-bond acceptors (Lipinski definition) is 3. The molecule has 0 saturated heterocycles. The van der Waals surface area contributed by atoms with Crippen molar-refractivity contribution in [3.05, 3.63) is 35.4 Å². The van der Waals surface area contributed by atoms with Crippen molar-refractivity contribution in [2.75, 3.05) is 0 Å². The second-order valence-electron chi connectivity index (χ2n) is 6.51. The zero-order valence-electron chi connectivity index (χ0n) is 12.9. The quantitative estimate of drug-likeness (QED) is 0.877. The molecule has 21 heavy (non-hydrogen) atoms. The Morgan fingerprint density at radius 3 is 2.10 bits per heavy atom. The van der Waals surface area contributed by atoms with Gasteiger partial charge in [-0.3, -0.25) is 0 Å². The van der Waals surface area contributed by atoms with Gasteiger partial charge in [0.25, 0.3) is 0 Å². The maximum Gasteiger partial charge on any atom is 0.216 e. The van der Waals surface area contributed by atoms with Gasteiger partial charge in [0.2, 0.25) is 10.0 Å². The van der Waals surface area contributed by atoms with Gasteiger partial charge in [-0.05, 0) is 42.2 Å². The predicted octanol–water partition coefficient (Wildman–Crippen LogP) is 2.39. The van der Waals surface area contributed by atoms with E-state index < -0.39 is 10.0 Å². The highest BCUT2D eigenvalue weighted by atomic mass is 32.2. The van der Waals surface area contributed by atoms with Crippen LogP contribution < -0.4 is 10.5 Å². The van der Waals surface area contributed by atoms with Gasteiger partial charge in [-0.25, -0.2) is 13.1 Å². The highest BCUT2D eigenvalue weighted by Crippen LogP contribution is 2.29. The van der Waals surface area contributed by atoms with Crippen molar-refractivity contribution in [2.45, 2.75) is 51.4 Å². The van der Waals surface area contributed by atoms with Crippen molar-refractivity contribution in [2.24, 2.45) is 17.6 Å². The molecular formula is C16H26N2O2S. The Hall–Kier alpha value is -0.910. The van der Waals surface area contributed by atoms with Gasteiger partial charge < -0.3 is 5.73 Å². The van der Waals surface area contributed by atoms with Gasteiger partial charge in [-0.1, -0.05) is 38.1 Å². The third-order valence-electron chi connectivity index (χ3n) is 4.14. The molecule has 5 heteroatoms.